The van der Waals surface area contributed by atoms with Gasteiger partial charge in [0.05, 0.1) is 30.2 Å². The predicted molar refractivity (Wildman–Crippen MR) is 167 cm³/mol. The molecule has 0 aromatic heterocycles. The number of primary amides is 1. The number of phenols is 1. The van der Waals surface area contributed by atoms with E-state index in [1.807, 2.05) is 0 Å². The first-order valence-corrected chi connectivity index (χ1v) is 15.4. The molecular weight excluding hydrogens is 674 g/mol. The fraction of sp³-hybridized carbons (Fsp3) is 0.581. The summed E-state index contributed by atoms with van der Waals surface area (Å²) < 4.78 is 23.3. The number of nitrogens with zero attached hydrogens (tertiary/aromatic N) is 2. The first-order chi connectivity index (χ1) is 22.6. The van der Waals surface area contributed by atoms with Crippen LogP contribution in [0.1, 0.15) is 44.7 Å². The van der Waals surface area contributed by atoms with Crippen molar-refractivity contribution in [2.24, 2.45) is 11.7 Å². The lowest BCUT2D eigenvalue weighted by molar-refractivity contribution is -0.595. The molecule has 1 aromatic rings. The molecule has 49 heavy (non-hydrogen) atoms. The molecule has 18 heteroatoms. The number of hydrogen-bond donors (Lipinski definition) is 6. The largest absolute Gasteiger partial charge is 0.508 e. The number of ketones is 2. The number of likely N-dealkylation sites (N-methyl/N-ethyl adjacent to an activating group) is 1. The van der Waals surface area contributed by atoms with E-state index in [0.29, 0.717) is 0 Å². The highest BCUT2D eigenvalue weighted by molar-refractivity contribution is 6.33. The molecule has 268 valence electrons. The summed E-state index contributed by atoms with van der Waals surface area (Å²) in [5, 5.41) is 70.7. The van der Waals surface area contributed by atoms with Gasteiger partial charge in [0.25, 0.3) is 11.4 Å². The van der Waals surface area contributed by atoms with Gasteiger partial charge in [-0.05, 0) is 34.4 Å². The third-order valence-electron chi connectivity index (χ3n) is 10.5. The average molecular weight is 712 g/mol. The van der Waals surface area contributed by atoms with Crippen molar-refractivity contribution in [1.82, 2.24) is 4.90 Å². The number of nitrogens with two attached hydrogens (primary N) is 1. The zero-order chi connectivity index (χ0) is 36.9. The number of aromatic hydroxyl groups is 1. The number of aliphatic hydroxyl groups is 4. The summed E-state index contributed by atoms with van der Waals surface area (Å²) in [5.74, 6) is -9.10. The summed E-state index contributed by atoms with van der Waals surface area (Å²) in [7, 11) is 5.14. The number of benzene rings is 1. The first kappa shape index (κ1) is 36.4. The lowest BCUT2D eigenvalue weighted by atomic mass is 9.52. The van der Waals surface area contributed by atoms with E-state index in [0.717, 1.165) is 11.0 Å². The van der Waals surface area contributed by atoms with E-state index in [1.165, 1.54) is 49.1 Å². The normalized spacial score (nSPS) is 37.5. The number of methoxy groups -OCH3 is 2. The van der Waals surface area contributed by atoms with Crippen LogP contribution in [0.2, 0.25) is 5.02 Å². The van der Waals surface area contributed by atoms with Gasteiger partial charge in [-0.2, -0.15) is 0 Å². The van der Waals surface area contributed by atoms with Crippen LogP contribution in [-0.4, -0.2) is 122 Å². The third-order valence-corrected chi connectivity index (χ3v) is 10.8. The van der Waals surface area contributed by atoms with E-state index in [4.69, 9.17) is 36.3 Å². The molecule has 0 spiro atoms. The van der Waals surface area contributed by atoms with E-state index in [2.05, 4.69) is 0 Å². The number of hydrogen-bond acceptors (Lipinski definition) is 15. The van der Waals surface area contributed by atoms with Crippen LogP contribution in [0.4, 0.5) is 0 Å². The van der Waals surface area contributed by atoms with Gasteiger partial charge >= 0.3 is 0 Å². The highest BCUT2D eigenvalue weighted by Gasteiger charge is 2.75. The Kier molecular flexibility index (Phi) is 8.64. The maximum absolute atomic E-state index is 14.6. The van der Waals surface area contributed by atoms with Gasteiger partial charge in [-0.1, -0.05) is 11.6 Å². The minimum Gasteiger partial charge on any atom is -0.508 e. The number of carbonyl (C=O) groups is 3. The van der Waals surface area contributed by atoms with Crippen LogP contribution in [0.3, 0.4) is 0 Å². The van der Waals surface area contributed by atoms with Crippen molar-refractivity contribution >= 4 is 34.8 Å². The fourth-order valence-corrected chi connectivity index (χ4v) is 8.65. The first-order valence-electron chi connectivity index (χ1n) is 15.1. The minimum absolute atomic E-state index is 0.112. The summed E-state index contributed by atoms with van der Waals surface area (Å²) in [6.45, 7) is 4.21. The molecule has 1 amide bonds. The number of fused-ring (bicyclic) bond motifs is 3. The van der Waals surface area contributed by atoms with Crippen LogP contribution in [-0.2, 0) is 34.2 Å². The van der Waals surface area contributed by atoms with Crippen LogP contribution in [0.15, 0.2) is 23.0 Å². The molecule has 7 N–H and O–H groups in total. The quantitative estimate of drug-likeness (QED) is 0.129. The van der Waals surface area contributed by atoms with Crippen molar-refractivity contribution in [3.8, 4) is 11.5 Å². The maximum Gasteiger partial charge on any atom is 0.255 e. The average Bonchev–Trinajstić information content (AvgIpc) is 2.98. The molecule has 17 nitrogen and oxygen atoms in total. The second-order valence-electron chi connectivity index (χ2n) is 13.4. The number of nitro groups is 1. The lowest BCUT2D eigenvalue weighted by Gasteiger charge is -2.58. The number of ether oxygens (including phenoxy) is 4. The zero-order valence-electron chi connectivity index (χ0n) is 27.6. The summed E-state index contributed by atoms with van der Waals surface area (Å²) in [4.78, 5) is 53.5. The summed E-state index contributed by atoms with van der Waals surface area (Å²) in [6.07, 6.45) is -4.70. The molecule has 1 saturated heterocycles. The molecule has 0 radical (unpaired) electrons. The van der Waals surface area contributed by atoms with Crippen LogP contribution in [0.25, 0.3) is 5.76 Å². The fourth-order valence-electron chi connectivity index (χ4n) is 8.24. The number of aliphatic hydroxyl groups excluding tert-OH is 2. The molecule has 1 saturated carbocycles. The van der Waals surface area contributed by atoms with Gasteiger partial charge in [0.15, 0.2) is 23.9 Å². The van der Waals surface area contributed by atoms with Crippen molar-refractivity contribution < 1.29 is 63.8 Å². The second kappa shape index (κ2) is 11.6. The smallest absolute Gasteiger partial charge is 0.255 e. The topological polar surface area (TPSA) is 262 Å². The van der Waals surface area contributed by atoms with E-state index >= 15 is 0 Å². The van der Waals surface area contributed by atoms with Crippen LogP contribution < -0.4 is 10.5 Å². The second-order valence-corrected chi connectivity index (χ2v) is 13.8. The van der Waals surface area contributed by atoms with Gasteiger partial charge in [0, 0.05) is 42.1 Å². The minimum atomic E-state index is -3.43. The number of phenolic OH excluding ortho intramolecular Hbond substituents is 1. The monoisotopic (exact) mass is 711 g/mol. The van der Waals surface area contributed by atoms with Crippen molar-refractivity contribution in [3.63, 3.8) is 0 Å². The Labute approximate surface area is 284 Å². The summed E-state index contributed by atoms with van der Waals surface area (Å²) >= 11 is 6.82. The van der Waals surface area contributed by atoms with E-state index < -0.39 is 122 Å². The molecule has 1 aliphatic heterocycles. The molecule has 1 heterocycles. The van der Waals surface area contributed by atoms with Gasteiger partial charge < -0.3 is 50.2 Å². The Bertz CT molecular complexity index is 1750. The molecule has 0 bridgehead atoms. The summed E-state index contributed by atoms with van der Waals surface area (Å²) in [6, 6.07) is -0.845. The number of Topliss-reactive ketones (excluding diaryl/α,β-unsaturated/α-hetero) is 2. The van der Waals surface area contributed by atoms with Crippen LogP contribution in [0, 0.1) is 16.0 Å². The maximum atomic E-state index is 14.6. The van der Waals surface area contributed by atoms with Crippen LogP contribution >= 0.6 is 11.6 Å². The molecule has 1 aromatic carbocycles. The predicted octanol–water partition coefficient (Wildman–Crippen LogP) is 0.616. The van der Waals surface area contributed by atoms with Gasteiger partial charge in [0.2, 0.25) is 11.4 Å². The summed E-state index contributed by atoms with van der Waals surface area (Å²) in [5.41, 5.74) is -7.35. The van der Waals surface area contributed by atoms with Gasteiger partial charge in [-0.3, -0.25) is 29.4 Å². The van der Waals surface area contributed by atoms with Gasteiger partial charge in [0.1, 0.15) is 40.1 Å². The standard InChI is InChI=1S/C31H38ClN3O14/c1-11-26(47-7)28(2,35(44)45)10-15(48-11)49-29(3)12-9-30(42)23(34(4)5)22(38)18(27(33)41)25(40)31(30,43)24(39)16(12)21(37)17-13(36)8-14(46-6)20(32)19(17)29/h8,11-12,15,23,26,36-37,40,42-43H,9-10H2,1-7H3,(H2,33,41)/t11-,12-,15-,23+,26-,28-,29+,30+,31-/m0/s1. The van der Waals surface area contributed by atoms with Crippen molar-refractivity contribution in [3.05, 3.63) is 49.2 Å². The van der Waals surface area contributed by atoms with Crippen molar-refractivity contribution in [2.45, 2.75) is 80.5 Å². The molecule has 5 rings (SSSR count). The van der Waals surface area contributed by atoms with Crippen LogP contribution in [0.5, 0.6) is 11.5 Å². The van der Waals surface area contributed by atoms with E-state index in [1.54, 1.807) is 0 Å². The number of rotatable bonds is 7. The lowest BCUT2D eigenvalue weighted by Crippen LogP contribution is -2.77. The Morgan fingerprint density at radius 1 is 1.16 bits per heavy atom. The SMILES string of the molecule is COc1cc(O)c2c(c1Cl)[C@](C)(O[C@H]1C[C@](C)([N+](=O)[O-])[C@@H](OC)[C@H](C)O1)[C@H]1C[C@@]3(O)[C@H](N(C)C)C(=O)C(C(N)=O)=C(O)[C@@]3(O)C(=O)C1=C2O. The number of carbonyl (C=O) groups excluding carboxylic acids is 3. The highest BCUT2D eigenvalue weighted by Crippen LogP contribution is 2.62. The molecule has 3 aliphatic carbocycles. The number of amides is 1. The zero-order valence-corrected chi connectivity index (χ0v) is 28.4. The number of halogens is 1. The Morgan fingerprint density at radius 2 is 1.78 bits per heavy atom. The molecule has 4 aliphatic rings. The molecule has 9 atom stereocenters. The Hall–Kier alpha value is -3.84. The van der Waals surface area contributed by atoms with E-state index in [9.17, 15) is 50.0 Å². The third kappa shape index (κ3) is 4.63. The Balaban J connectivity index is 1.83. The van der Waals surface area contributed by atoms with Gasteiger partial charge in [-0.15, -0.1) is 0 Å². The van der Waals surface area contributed by atoms with Gasteiger partial charge in [-0.25, -0.2) is 0 Å². The van der Waals surface area contributed by atoms with Crippen molar-refractivity contribution in [2.75, 3.05) is 28.3 Å². The highest BCUT2D eigenvalue weighted by atomic mass is 35.5. The van der Waals surface area contributed by atoms with E-state index in [-0.39, 0.29) is 16.3 Å². The molecule has 2 fully saturated rings. The molecule has 0 unspecified atom stereocenters. The Morgan fingerprint density at radius 3 is 2.29 bits per heavy atom. The van der Waals surface area contributed by atoms with Crippen molar-refractivity contribution in [1.29, 1.82) is 0 Å². The molecular formula is C31H38ClN3O14.